The van der Waals surface area contributed by atoms with Gasteiger partial charge in [0.1, 0.15) is 4.90 Å². The summed E-state index contributed by atoms with van der Waals surface area (Å²) in [6, 6.07) is 5.93. The van der Waals surface area contributed by atoms with E-state index >= 15 is 0 Å². The maximum Gasteiger partial charge on any atom is 0.241 e. The first-order valence-corrected chi connectivity index (χ1v) is 7.00. The smallest absolute Gasteiger partial charge is 0.237 e. The molecule has 0 aliphatic heterocycles. The summed E-state index contributed by atoms with van der Waals surface area (Å²) in [7, 11) is -3.72. The van der Waals surface area contributed by atoms with E-state index in [2.05, 4.69) is 5.10 Å². The Labute approximate surface area is 106 Å². The zero-order valence-corrected chi connectivity index (χ0v) is 11.3. The predicted molar refractivity (Wildman–Crippen MR) is 69.1 cm³/mol. The van der Waals surface area contributed by atoms with E-state index in [4.69, 9.17) is 5.14 Å². The van der Waals surface area contributed by atoms with Crippen LogP contribution in [0, 0.1) is 20.8 Å². The van der Waals surface area contributed by atoms with E-state index in [1.807, 2.05) is 32.0 Å². The van der Waals surface area contributed by atoms with Crippen molar-refractivity contribution in [2.75, 3.05) is 0 Å². The minimum absolute atomic E-state index is 0.0571. The third-order valence-electron chi connectivity index (χ3n) is 2.72. The van der Waals surface area contributed by atoms with Crippen LogP contribution in [-0.2, 0) is 10.0 Å². The quantitative estimate of drug-likeness (QED) is 0.892. The molecule has 0 atom stereocenters. The van der Waals surface area contributed by atoms with Crippen LogP contribution in [0.25, 0.3) is 5.69 Å². The molecule has 0 radical (unpaired) electrons. The molecule has 0 fully saturated rings. The zero-order chi connectivity index (χ0) is 13.5. The van der Waals surface area contributed by atoms with Crippen LogP contribution in [0.2, 0.25) is 0 Å². The molecule has 96 valence electrons. The molecule has 1 heterocycles. The highest BCUT2D eigenvalue weighted by molar-refractivity contribution is 7.89. The Bertz CT molecular complexity index is 682. The topological polar surface area (TPSA) is 78.0 Å². The van der Waals surface area contributed by atoms with Crippen molar-refractivity contribution in [2.45, 2.75) is 25.7 Å². The first-order valence-electron chi connectivity index (χ1n) is 5.45. The van der Waals surface area contributed by atoms with Gasteiger partial charge in [-0.25, -0.2) is 18.2 Å². The number of rotatable bonds is 2. The van der Waals surface area contributed by atoms with Gasteiger partial charge < -0.3 is 0 Å². The molecule has 0 spiro atoms. The van der Waals surface area contributed by atoms with Gasteiger partial charge in [0.2, 0.25) is 10.0 Å². The molecule has 2 rings (SSSR count). The van der Waals surface area contributed by atoms with Crippen LogP contribution in [-0.4, -0.2) is 18.2 Å². The number of aryl methyl sites for hydroxylation is 2. The van der Waals surface area contributed by atoms with Gasteiger partial charge in [0.15, 0.2) is 0 Å². The lowest BCUT2D eigenvalue weighted by Gasteiger charge is -2.07. The highest BCUT2D eigenvalue weighted by atomic mass is 32.2. The molecule has 1 aromatic heterocycles. The molecule has 0 saturated heterocycles. The minimum atomic E-state index is -3.72. The van der Waals surface area contributed by atoms with Gasteiger partial charge in [-0.2, -0.15) is 5.10 Å². The Morgan fingerprint density at radius 2 is 1.67 bits per heavy atom. The average Bonchev–Trinajstić information content (AvgIpc) is 2.57. The van der Waals surface area contributed by atoms with Gasteiger partial charge in [0.25, 0.3) is 0 Å². The van der Waals surface area contributed by atoms with Crippen LogP contribution in [0.15, 0.2) is 29.3 Å². The van der Waals surface area contributed by atoms with Crippen molar-refractivity contribution in [1.82, 2.24) is 9.78 Å². The summed E-state index contributed by atoms with van der Waals surface area (Å²) >= 11 is 0. The number of nitrogens with zero attached hydrogens (tertiary/aromatic N) is 2. The average molecular weight is 265 g/mol. The molecule has 2 aromatic rings. The molecule has 0 aliphatic rings. The van der Waals surface area contributed by atoms with E-state index in [0.717, 1.165) is 16.8 Å². The molecular formula is C12H15N3O2S. The summed E-state index contributed by atoms with van der Waals surface area (Å²) < 4.78 is 24.3. The largest absolute Gasteiger partial charge is 0.241 e. The summed E-state index contributed by atoms with van der Waals surface area (Å²) in [4.78, 5) is 0.0571. The second kappa shape index (κ2) is 4.22. The molecule has 2 N–H and O–H groups in total. The summed E-state index contributed by atoms with van der Waals surface area (Å²) in [6.45, 7) is 5.65. The van der Waals surface area contributed by atoms with Gasteiger partial charge in [0.05, 0.1) is 17.6 Å². The summed E-state index contributed by atoms with van der Waals surface area (Å²) in [5.74, 6) is 0. The standard InChI is InChI=1S/C12H15N3O2S/c1-8-4-9(2)6-11(5-8)15-10(3)12(7-14-15)18(13,16)17/h4-7H,1-3H3,(H2,13,16,17). The number of nitrogens with two attached hydrogens (primary N) is 1. The van der Waals surface area contributed by atoms with Crippen LogP contribution in [0.5, 0.6) is 0 Å². The third kappa shape index (κ3) is 2.30. The molecule has 0 amide bonds. The molecule has 6 heteroatoms. The summed E-state index contributed by atoms with van der Waals surface area (Å²) in [5.41, 5.74) is 3.54. The molecule has 0 saturated carbocycles. The molecule has 0 unspecified atom stereocenters. The van der Waals surface area contributed by atoms with Crippen molar-refractivity contribution in [2.24, 2.45) is 5.14 Å². The molecule has 0 aliphatic carbocycles. The van der Waals surface area contributed by atoms with Crippen molar-refractivity contribution in [3.8, 4) is 5.69 Å². The minimum Gasteiger partial charge on any atom is -0.237 e. The summed E-state index contributed by atoms with van der Waals surface area (Å²) in [5, 5.41) is 9.22. The molecule has 1 aromatic carbocycles. The van der Waals surface area contributed by atoms with E-state index in [-0.39, 0.29) is 4.90 Å². The van der Waals surface area contributed by atoms with Gasteiger partial charge in [-0.3, -0.25) is 0 Å². The Hall–Kier alpha value is -1.66. The Morgan fingerprint density at radius 1 is 1.11 bits per heavy atom. The fourth-order valence-electron chi connectivity index (χ4n) is 2.01. The van der Waals surface area contributed by atoms with E-state index in [1.54, 1.807) is 11.6 Å². The zero-order valence-electron chi connectivity index (χ0n) is 10.5. The Balaban J connectivity index is 2.63. The predicted octanol–water partition coefficient (Wildman–Crippen LogP) is 1.44. The van der Waals surface area contributed by atoms with Crippen molar-refractivity contribution in [3.63, 3.8) is 0 Å². The van der Waals surface area contributed by atoms with E-state index < -0.39 is 10.0 Å². The lowest BCUT2D eigenvalue weighted by Crippen LogP contribution is -2.13. The van der Waals surface area contributed by atoms with Crippen LogP contribution < -0.4 is 5.14 Å². The first kappa shape index (κ1) is 12.8. The molecule has 0 bridgehead atoms. The fraction of sp³-hybridized carbons (Fsp3) is 0.250. The van der Waals surface area contributed by atoms with Crippen LogP contribution in [0.3, 0.4) is 0 Å². The second-order valence-corrected chi connectivity index (χ2v) is 5.93. The molecule has 18 heavy (non-hydrogen) atoms. The van der Waals surface area contributed by atoms with E-state index in [9.17, 15) is 8.42 Å². The Kier molecular flexibility index (Phi) is 3.00. The van der Waals surface area contributed by atoms with Crippen molar-refractivity contribution < 1.29 is 8.42 Å². The lowest BCUT2D eigenvalue weighted by atomic mass is 10.1. The van der Waals surface area contributed by atoms with Crippen molar-refractivity contribution in [3.05, 3.63) is 41.2 Å². The molecular weight excluding hydrogens is 250 g/mol. The number of hydrogen-bond acceptors (Lipinski definition) is 3. The number of sulfonamides is 1. The number of hydrogen-bond donors (Lipinski definition) is 1. The highest BCUT2D eigenvalue weighted by Crippen LogP contribution is 2.19. The number of benzene rings is 1. The SMILES string of the molecule is Cc1cc(C)cc(-n2ncc(S(N)(=O)=O)c2C)c1. The first-order chi connectivity index (χ1) is 8.29. The van der Waals surface area contributed by atoms with E-state index in [1.165, 1.54) is 6.20 Å². The second-order valence-electron chi connectivity index (χ2n) is 4.40. The Morgan fingerprint density at radius 3 is 2.11 bits per heavy atom. The number of aromatic nitrogens is 2. The molecule has 5 nitrogen and oxygen atoms in total. The maximum atomic E-state index is 11.4. The van der Waals surface area contributed by atoms with Gasteiger partial charge in [0, 0.05) is 0 Å². The maximum absolute atomic E-state index is 11.4. The highest BCUT2D eigenvalue weighted by Gasteiger charge is 2.17. The number of primary sulfonamides is 1. The monoisotopic (exact) mass is 265 g/mol. The van der Waals surface area contributed by atoms with Crippen LogP contribution >= 0.6 is 0 Å². The van der Waals surface area contributed by atoms with Crippen molar-refractivity contribution >= 4 is 10.0 Å². The van der Waals surface area contributed by atoms with Gasteiger partial charge in [-0.05, 0) is 44.0 Å². The van der Waals surface area contributed by atoms with Crippen LogP contribution in [0.1, 0.15) is 16.8 Å². The summed E-state index contributed by atoms with van der Waals surface area (Å²) in [6.07, 6.45) is 1.28. The van der Waals surface area contributed by atoms with Gasteiger partial charge in [-0.15, -0.1) is 0 Å². The van der Waals surface area contributed by atoms with Crippen molar-refractivity contribution in [1.29, 1.82) is 0 Å². The fourth-order valence-corrected chi connectivity index (χ4v) is 2.70. The van der Waals surface area contributed by atoms with Crippen LogP contribution in [0.4, 0.5) is 0 Å². The van der Waals surface area contributed by atoms with Gasteiger partial charge >= 0.3 is 0 Å². The lowest BCUT2D eigenvalue weighted by molar-refractivity contribution is 0.597. The third-order valence-corrected chi connectivity index (χ3v) is 3.74. The normalized spacial score (nSPS) is 11.8. The van der Waals surface area contributed by atoms with Gasteiger partial charge in [-0.1, -0.05) is 6.07 Å². The van der Waals surface area contributed by atoms with E-state index in [0.29, 0.717) is 5.69 Å².